The Balaban J connectivity index is 0.000000178. The van der Waals surface area contributed by atoms with Crippen LogP contribution in [0.4, 0.5) is 17.3 Å². The number of carbonyl (C=O) groups is 1. The molecule has 0 unspecified atom stereocenters. The van der Waals surface area contributed by atoms with Gasteiger partial charge in [0, 0.05) is 61.9 Å². The lowest BCUT2D eigenvalue weighted by molar-refractivity contribution is -0.122. The maximum atomic E-state index is 10.6. The smallest absolute Gasteiger partial charge is 0.227 e. The first kappa shape index (κ1) is 25.9. The average molecular weight is 468 g/mol. The largest absolute Gasteiger partial charge is 0.369 e. The zero-order valence-electron chi connectivity index (χ0n) is 20.3. The quantitative estimate of drug-likeness (QED) is 0.542. The highest BCUT2D eigenvalue weighted by atomic mass is 16.1. The van der Waals surface area contributed by atoms with E-state index in [1.807, 2.05) is 0 Å². The van der Waals surface area contributed by atoms with Crippen molar-refractivity contribution in [1.82, 2.24) is 15.3 Å². The Morgan fingerprint density at radius 1 is 0.912 bits per heavy atom. The number of aromatic nitrogens is 2. The lowest BCUT2D eigenvalue weighted by Crippen LogP contribution is -2.43. The number of anilines is 3. The van der Waals surface area contributed by atoms with E-state index < -0.39 is 0 Å². The number of rotatable bonds is 4. The van der Waals surface area contributed by atoms with Gasteiger partial charge in [0.25, 0.3) is 0 Å². The summed E-state index contributed by atoms with van der Waals surface area (Å²) in [6.45, 7) is 4.23. The highest BCUT2D eigenvalue weighted by Gasteiger charge is 2.17. The molecule has 1 aromatic carbocycles. The van der Waals surface area contributed by atoms with Crippen LogP contribution in [0.2, 0.25) is 0 Å². The van der Waals surface area contributed by atoms with Gasteiger partial charge in [0.2, 0.25) is 11.9 Å². The molecule has 1 saturated heterocycles. The van der Waals surface area contributed by atoms with E-state index in [4.69, 9.17) is 11.5 Å². The second-order valence-electron chi connectivity index (χ2n) is 9.26. The van der Waals surface area contributed by atoms with Gasteiger partial charge >= 0.3 is 0 Å². The maximum Gasteiger partial charge on any atom is 0.227 e. The van der Waals surface area contributed by atoms with Gasteiger partial charge in [-0.05, 0) is 56.0 Å². The van der Waals surface area contributed by atoms with Gasteiger partial charge in [-0.3, -0.25) is 4.79 Å². The van der Waals surface area contributed by atoms with Gasteiger partial charge in [-0.2, -0.15) is 0 Å². The van der Waals surface area contributed by atoms with Gasteiger partial charge in [-0.25, -0.2) is 9.97 Å². The van der Waals surface area contributed by atoms with Crippen LogP contribution < -0.4 is 27.0 Å². The molecule has 3 fully saturated rings. The minimum Gasteiger partial charge on any atom is -0.369 e. The van der Waals surface area contributed by atoms with Crippen LogP contribution in [-0.2, 0) is 4.79 Å². The van der Waals surface area contributed by atoms with Gasteiger partial charge in [-0.15, -0.1) is 0 Å². The molecule has 1 aliphatic heterocycles. The Bertz CT molecular complexity index is 813. The third kappa shape index (κ3) is 9.27. The fraction of sp³-hybridized carbons (Fsp3) is 0.577. The first-order valence-corrected chi connectivity index (χ1v) is 12.8. The molecule has 34 heavy (non-hydrogen) atoms. The van der Waals surface area contributed by atoms with Crippen LogP contribution in [0.15, 0.2) is 42.7 Å². The molecule has 1 amide bonds. The zero-order valence-corrected chi connectivity index (χ0v) is 20.3. The van der Waals surface area contributed by atoms with E-state index in [1.165, 1.54) is 50.6 Å². The molecule has 1 aromatic heterocycles. The molecule has 8 heteroatoms. The molecule has 6 N–H and O–H groups in total. The first-order valence-electron chi connectivity index (χ1n) is 12.8. The molecule has 2 aromatic rings. The van der Waals surface area contributed by atoms with E-state index in [0.717, 1.165) is 44.7 Å². The highest BCUT2D eigenvalue weighted by Crippen LogP contribution is 2.23. The van der Waals surface area contributed by atoms with Crippen molar-refractivity contribution in [2.45, 2.75) is 63.8 Å². The van der Waals surface area contributed by atoms with E-state index in [1.54, 1.807) is 18.5 Å². The van der Waals surface area contributed by atoms with E-state index in [-0.39, 0.29) is 11.8 Å². The van der Waals surface area contributed by atoms with Crippen LogP contribution in [0.5, 0.6) is 0 Å². The maximum absolute atomic E-state index is 10.6. The van der Waals surface area contributed by atoms with Gasteiger partial charge < -0.3 is 27.0 Å². The summed E-state index contributed by atoms with van der Waals surface area (Å²) in [5.74, 6) is 0.714. The molecule has 8 nitrogen and oxygen atoms in total. The third-order valence-corrected chi connectivity index (χ3v) is 6.58. The molecule has 0 spiro atoms. The second-order valence-corrected chi connectivity index (χ2v) is 9.26. The molecular weight excluding hydrogens is 426 g/mol. The van der Waals surface area contributed by atoms with Crippen LogP contribution in [0.3, 0.4) is 0 Å². The Kier molecular flexibility index (Phi) is 11.1. The summed E-state index contributed by atoms with van der Waals surface area (Å²) in [4.78, 5) is 21.3. The van der Waals surface area contributed by atoms with Crippen molar-refractivity contribution >= 4 is 23.2 Å². The van der Waals surface area contributed by atoms with Gasteiger partial charge in [-0.1, -0.05) is 32.1 Å². The number of carbonyl (C=O) groups excluding carboxylic acids is 1. The number of piperazine rings is 1. The number of hydrogen-bond acceptors (Lipinski definition) is 7. The summed E-state index contributed by atoms with van der Waals surface area (Å²) < 4.78 is 0. The Hall–Kier alpha value is -2.71. The van der Waals surface area contributed by atoms with Crippen molar-refractivity contribution in [2.75, 3.05) is 36.4 Å². The topological polar surface area (TPSA) is 122 Å². The number of nitrogens with two attached hydrogens (primary N) is 2. The van der Waals surface area contributed by atoms with Crippen molar-refractivity contribution in [3.05, 3.63) is 42.7 Å². The van der Waals surface area contributed by atoms with Crippen molar-refractivity contribution < 1.29 is 4.79 Å². The summed E-state index contributed by atoms with van der Waals surface area (Å²) in [5, 5.41) is 6.54. The van der Waals surface area contributed by atoms with E-state index >= 15 is 0 Å². The van der Waals surface area contributed by atoms with Gasteiger partial charge in [0.1, 0.15) is 0 Å². The normalized spacial score (nSPS) is 18.8. The van der Waals surface area contributed by atoms with Crippen molar-refractivity contribution in [2.24, 2.45) is 17.4 Å². The SMILES string of the molecule is NC(=O)C1CCCCC1.NC1CCCC1.c1cnc(Nc2ccc(N3CCNCC3)cc2)nc1. The first-order chi connectivity index (χ1) is 16.6. The molecular formula is C26H41N7O. The lowest BCUT2D eigenvalue weighted by Gasteiger charge is -2.29. The van der Waals surface area contributed by atoms with Crippen LogP contribution in [0, 0.1) is 5.92 Å². The predicted octanol–water partition coefficient (Wildman–Crippen LogP) is 3.57. The van der Waals surface area contributed by atoms with Crippen molar-refractivity contribution in [3.8, 4) is 0 Å². The molecule has 2 heterocycles. The number of hydrogen-bond donors (Lipinski definition) is 4. The Labute approximate surface area is 203 Å². The molecule has 2 saturated carbocycles. The standard InChI is InChI=1S/C14H17N5.C7H13NO.C5H11N/c1-6-16-14(17-7-1)18-12-2-4-13(5-3-12)19-10-8-15-9-11-19;8-7(9)6-4-2-1-3-5-6;6-5-3-1-2-4-5/h1-7,15H,8-11H2,(H,16,17,18);6H,1-5H2,(H2,8,9);5H,1-4,6H2. The number of primary amides is 1. The zero-order chi connectivity index (χ0) is 24.0. The summed E-state index contributed by atoms with van der Waals surface area (Å²) in [6, 6.07) is 10.7. The molecule has 0 radical (unpaired) electrons. The molecule has 0 bridgehead atoms. The predicted molar refractivity (Wildman–Crippen MR) is 139 cm³/mol. The van der Waals surface area contributed by atoms with E-state index in [0.29, 0.717) is 12.0 Å². The molecule has 186 valence electrons. The van der Waals surface area contributed by atoms with Gasteiger partial charge in [0.15, 0.2) is 0 Å². The summed E-state index contributed by atoms with van der Waals surface area (Å²) in [5.41, 5.74) is 12.9. The van der Waals surface area contributed by atoms with Crippen molar-refractivity contribution in [1.29, 1.82) is 0 Å². The average Bonchev–Trinajstić information content (AvgIpc) is 3.38. The molecule has 2 aliphatic carbocycles. The molecule has 5 rings (SSSR count). The Morgan fingerprint density at radius 2 is 1.50 bits per heavy atom. The lowest BCUT2D eigenvalue weighted by atomic mass is 9.89. The number of amides is 1. The molecule has 3 aliphatic rings. The van der Waals surface area contributed by atoms with Crippen LogP contribution >= 0.6 is 0 Å². The third-order valence-electron chi connectivity index (χ3n) is 6.58. The fourth-order valence-corrected chi connectivity index (χ4v) is 4.52. The van der Waals surface area contributed by atoms with Crippen LogP contribution in [0.25, 0.3) is 0 Å². The summed E-state index contributed by atoms with van der Waals surface area (Å²) >= 11 is 0. The van der Waals surface area contributed by atoms with Crippen LogP contribution in [-0.4, -0.2) is 48.1 Å². The number of nitrogens with one attached hydrogen (secondary N) is 2. The molecule has 0 atom stereocenters. The highest BCUT2D eigenvalue weighted by molar-refractivity contribution is 5.76. The van der Waals surface area contributed by atoms with E-state index in [2.05, 4.69) is 49.8 Å². The summed E-state index contributed by atoms with van der Waals surface area (Å²) in [7, 11) is 0. The fourth-order valence-electron chi connectivity index (χ4n) is 4.52. The number of benzene rings is 1. The number of nitrogens with zero attached hydrogens (tertiary/aromatic N) is 3. The summed E-state index contributed by atoms with van der Waals surface area (Å²) in [6.07, 6.45) is 14.4. The van der Waals surface area contributed by atoms with E-state index in [9.17, 15) is 4.79 Å². The van der Waals surface area contributed by atoms with Crippen molar-refractivity contribution in [3.63, 3.8) is 0 Å². The minimum absolute atomic E-state index is 0.102. The minimum atomic E-state index is -0.102. The second kappa shape index (κ2) is 14.5. The van der Waals surface area contributed by atoms with Gasteiger partial charge in [0.05, 0.1) is 0 Å². The van der Waals surface area contributed by atoms with Crippen LogP contribution in [0.1, 0.15) is 57.8 Å². The monoisotopic (exact) mass is 467 g/mol. The Morgan fingerprint density at radius 3 is 2.00 bits per heavy atom.